The van der Waals surface area contributed by atoms with Gasteiger partial charge in [-0.3, -0.25) is 0 Å². The Morgan fingerprint density at radius 2 is 2.00 bits per heavy atom. The molecule has 0 saturated heterocycles. The first-order chi connectivity index (χ1) is 8.11. The SMILES string of the molecule is CCCn1ccc(CNC(C)CCC(C)C)c1. The van der Waals surface area contributed by atoms with Gasteiger partial charge in [0.1, 0.15) is 0 Å². The number of hydrogen-bond donors (Lipinski definition) is 1. The topological polar surface area (TPSA) is 17.0 Å². The summed E-state index contributed by atoms with van der Waals surface area (Å²) in [5.74, 6) is 0.810. The van der Waals surface area contributed by atoms with Gasteiger partial charge in [0.15, 0.2) is 0 Å². The average Bonchev–Trinajstić information content (AvgIpc) is 2.72. The molecule has 0 radical (unpaired) electrons. The highest BCUT2D eigenvalue weighted by atomic mass is 14.9. The summed E-state index contributed by atoms with van der Waals surface area (Å²) in [5.41, 5.74) is 1.40. The van der Waals surface area contributed by atoms with Crippen LogP contribution in [0.3, 0.4) is 0 Å². The number of nitrogens with one attached hydrogen (secondary N) is 1. The molecule has 0 bridgehead atoms. The second kappa shape index (κ2) is 7.54. The zero-order valence-electron chi connectivity index (χ0n) is 11.9. The van der Waals surface area contributed by atoms with Crippen LogP contribution in [0.25, 0.3) is 0 Å². The van der Waals surface area contributed by atoms with Crippen molar-refractivity contribution in [2.45, 2.75) is 66.1 Å². The first-order valence-electron chi connectivity index (χ1n) is 6.99. The zero-order valence-corrected chi connectivity index (χ0v) is 11.9. The maximum atomic E-state index is 3.60. The van der Waals surface area contributed by atoms with E-state index in [0.29, 0.717) is 6.04 Å². The fourth-order valence-corrected chi connectivity index (χ4v) is 1.97. The number of rotatable bonds is 8. The van der Waals surface area contributed by atoms with E-state index in [-0.39, 0.29) is 0 Å². The van der Waals surface area contributed by atoms with Crippen LogP contribution in [0.5, 0.6) is 0 Å². The predicted octanol–water partition coefficient (Wildman–Crippen LogP) is 3.81. The van der Waals surface area contributed by atoms with Gasteiger partial charge >= 0.3 is 0 Å². The van der Waals surface area contributed by atoms with Gasteiger partial charge in [0.2, 0.25) is 0 Å². The molecule has 1 N–H and O–H groups in total. The highest BCUT2D eigenvalue weighted by molar-refractivity contribution is 5.09. The van der Waals surface area contributed by atoms with Crippen molar-refractivity contribution in [1.82, 2.24) is 9.88 Å². The van der Waals surface area contributed by atoms with E-state index in [1.54, 1.807) is 0 Å². The van der Waals surface area contributed by atoms with Crippen molar-refractivity contribution in [2.75, 3.05) is 0 Å². The van der Waals surface area contributed by atoms with Crippen LogP contribution >= 0.6 is 0 Å². The Morgan fingerprint density at radius 3 is 2.65 bits per heavy atom. The lowest BCUT2D eigenvalue weighted by molar-refractivity contribution is 0.450. The number of aryl methyl sites for hydroxylation is 1. The summed E-state index contributed by atoms with van der Waals surface area (Å²) >= 11 is 0. The van der Waals surface area contributed by atoms with Gasteiger partial charge < -0.3 is 9.88 Å². The molecule has 1 rings (SSSR count). The lowest BCUT2D eigenvalue weighted by atomic mass is 10.0. The van der Waals surface area contributed by atoms with Crippen molar-refractivity contribution in [3.05, 3.63) is 24.0 Å². The lowest BCUT2D eigenvalue weighted by Gasteiger charge is -2.14. The van der Waals surface area contributed by atoms with E-state index in [1.165, 1.54) is 24.8 Å². The van der Waals surface area contributed by atoms with Crippen LogP contribution in [0.15, 0.2) is 18.5 Å². The molecule has 0 saturated carbocycles. The summed E-state index contributed by atoms with van der Waals surface area (Å²) in [7, 11) is 0. The summed E-state index contributed by atoms with van der Waals surface area (Å²) in [6.07, 6.45) is 8.22. The molecule has 98 valence electrons. The van der Waals surface area contributed by atoms with Crippen LogP contribution in [-0.4, -0.2) is 10.6 Å². The van der Waals surface area contributed by atoms with E-state index in [4.69, 9.17) is 0 Å². The van der Waals surface area contributed by atoms with Crippen molar-refractivity contribution in [1.29, 1.82) is 0 Å². The van der Waals surface area contributed by atoms with Crippen LogP contribution in [-0.2, 0) is 13.1 Å². The number of hydrogen-bond acceptors (Lipinski definition) is 1. The second-order valence-corrected chi connectivity index (χ2v) is 5.51. The summed E-state index contributed by atoms with van der Waals surface area (Å²) < 4.78 is 2.27. The Labute approximate surface area is 106 Å². The molecule has 0 amide bonds. The van der Waals surface area contributed by atoms with Gasteiger partial charge in [-0.1, -0.05) is 20.8 Å². The molecule has 17 heavy (non-hydrogen) atoms. The van der Waals surface area contributed by atoms with E-state index < -0.39 is 0 Å². The Hall–Kier alpha value is -0.760. The minimum Gasteiger partial charge on any atom is -0.354 e. The average molecular weight is 236 g/mol. The van der Waals surface area contributed by atoms with Crippen LogP contribution in [0.2, 0.25) is 0 Å². The third-order valence-electron chi connectivity index (χ3n) is 3.13. The Kier molecular flexibility index (Phi) is 6.35. The number of nitrogens with zero attached hydrogens (tertiary/aromatic N) is 1. The minimum atomic E-state index is 0.618. The molecular formula is C15H28N2. The van der Waals surface area contributed by atoms with Gasteiger partial charge in [-0.15, -0.1) is 0 Å². The minimum absolute atomic E-state index is 0.618. The highest BCUT2D eigenvalue weighted by Crippen LogP contribution is 2.08. The molecule has 1 aromatic rings. The van der Waals surface area contributed by atoms with Crippen LogP contribution in [0.1, 0.15) is 52.5 Å². The van der Waals surface area contributed by atoms with Gasteiger partial charge in [-0.25, -0.2) is 0 Å². The molecule has 1 atom stereocenters. The number of aromatic nitrogens is 1. The monoisotopic (exact) mass is 236 g/mol. The molecule has 2 nitrogen and oxygen atoms in total. The first-order valence-corrected chi connectivity index (χ1v) is 6.99. The van der Waals surface area contributed by atoms with E-state index >= 15 is 0 Å². The maximum Gasteiger partial charge on any atom is 0.0223 e. The van der Waals surface area contributed by atoms with E-state index in [9.17, 15) is 0 Å². The van der Waals surface area contributed by atoms with E-state index in [2.05, 4.69) is 56.0 Å². The van der Waals surface area contributed by atoms with Crippen LogP contribution < -0.4 is 5.32 Å². The lowest BCUT2D eigenvalue weighted by Crippen LogP contribution is -2.25. The molecule has 0 aliphatic carbocycles. The summed E-state index contributed by atoms with van der Waals surface area (Å²) in [6, 6.07) is 2.84. The van der Waals surface area contributed by atoms with E-state index in [1.807, 2.05) is 0 Å². The summed E-state index contributed by atoms with van der Waals surface area (Å²) in [4.78, 5) is 0. The summed E-state index contributed by atoms with van der Waals surface area (Å²) in [6.45, 7) is 11.2. The molecule has 2 heteroatoms. The standard InChI is InChI=1S/C15H28N2/c1-5-9-17-10-8-15(12-17)11-16-14(4)7-6-13(2)3/h8,10,12-14,16H,5-7,9,11H2,1-4H3. The van der Waals surface area contributed by atoms with Crippen LogP contribution in [0.4, 0.5) is 0 Å². The van der Waals surface area contributed by atoms with Gasteiger partial charge in [0.25, 0.3) is 0 Å². The molecule has 0 spiro atoms. The third kappa shape index (κ3) is 5.92. The maximum absolute atomic E-state index is 3.60. The Balaban J connectivity index is 2.24. The van der Waals surface area contributed by atoms with Crippen molar-refractivity contribution in [3.8, 4) is 0 Å². The highest BCUT2D eigenvalue weighted by Gasteiger charge is 2.04. The predicted molar refractivity (Wildman–Crippen MR) is 75.1 cm³/mol. The fourth-order valence-electron chi connectivity index (χ4n) is 1.97. The first kappa shape index (κ1) is 14.3. The molecule has 1 heterocycles. The molecular weight excluding hydrogens is 208 g/mol. The second-order valence-electron chi connectivity index (χ2n) is 5.51. The molecule has 0 aromatic carbocycles. The third-order valence-corrected chi connectivity index (χ3v) is 3.13. The van der Waals surface area contributed by atoms with E-state index in [0.717, 1.165) is 19.0 Å². The van der Waals surface area contributed by atoms with Gasteiger partial charge in [-0.2, -0.15) is 0 Å². The van der Waals surface area contributed by atoms with Crippen molar-refractivity contribution in [3.63, 3.8) is 0 Å². The molecule has 0 aliphatic heterocycles. The smallest absolute Gasteiger partial charge is 0.0223 e. The quantitative estimate of drug-likeness (QED) is 0.726. The summed E-state index contributed by atoms with van der Waals surface area (Å²) in [5, 5.41) is 3.60. The van der Waals surface area contributed by atoms with Crippen molar-refractivity contribution >= 4 is 0 Å². The Bertz CT molecular complexity index is 302. The van der Waals surface area contributed by atoms with Gasteiger partial charge in [-0.05, 0) is 43.7 Å². The van der Waals surface area contributed by atoms with Crippen molar-refractivity contribution in [2.24, 2.45) is 5.92 Å². The fraction of sp³-hybridized carbons (Fsp3) is 0.733. The molecule has 0 aliphatic rings. The zero-order chi connectivity index (χ0) is 12.7. The normalized spacial score (nSPS) is 13.2. The molecule has 0 fully saturated rings. The largest absolute Gasteiger partial charge is 0.354 e. The van der Waals surface area contributed by atoms with Crippen molar-refractivity contribution < 1.29 is 0 Å². The Morgan fingerprint density at radius 1 is 1.24 bits per heavy atom. The van der Waals surface area contributed by atoms with Crippen LogP contribution in [0, 0.1) is 5.92 Å². The van der Waals surface area contributed by atoms with Gasteiger partial charge in [0, 0.05) is 31.5 Å². The molecule has 1 aromatic heterocycles. The van der Waals surface area contributed by atoms with Gasteiger partial charge in [0.05, 0.1) is 0 Å². The molecule has 1 unspecified atom stereocenters.